The average molecular weight is 417 g/mol. The van der Waals surface area contributed by atoms with Crippen molar-refractivity contribution >= 4 is 5.78 Å². The van der Waals surface area contributed by atoms with E-state index in [2.05, 4.69) is 6.92 Å². The number of carbonyl (C=O) groups excluding carboxylic acids is 1. The van der Waals surface area contributed by atoms with Gasteiger partial charge < -0.3 is 9.84 Å². The molecule has 1 N–H and O–H groups in total. The second-order valence-corrected chi connectivity index (χ2v) is 10.8. The number of hydrogen-bond acceptors (Lipinski definition) is 3. The van der Waals surface area contributed by atoms with E-state index < -0.39 is 11.8 Å². The largest absolute Gasteiger partial charge is 0.417 e. The Labute approximate surface area is 171 Å². The molecule has 0 radical (unpaired) electrons. The summed E-state index contributed by atoms with van der Waals surface area (Å²) in [5, 5.41) is 10.4. The zero-order valence-electron chi connectivity index (χ0n) is 17.9. The van der Waals surface area contributed by atoms with Crippen molar-refractivity contribution in [2.45, 2.75) is 83.4 Å². The molecule has 8 unspecified atom stereocenters. The molecule has 0 heterocycles. The topological polar surface area (TPSA) is 46.5 Å². The fourth-order valence-corrected chi connectivity index (χ4v) is 8.52. The molecule has 0 aromatic rings. The fourth-order valence-electron chi connectivity index (χ4n) is 8.52. The molecule has 0 amide bonds. The molecule has 4 aliphatic carbocycles. The van der Waals surface area contributed by atoms with Crippen molar-refractivity contribution in [3.8, 4) is 0 Å². The van der Waals surface area contributed by atoms with E-state index in [4.69, 9.17) is 4.74 Å². The molecule has 0 bridgehead atoms. The molecule has 3 nitrogen and oxygen atoms in total. The van der Waals surface area contributed by atoms with Crippen molar-refractivity contribution in [1.82, 2.24) is 0 Å². The molecular weight excluding hydrogens is 381 g/mol. The highest BCUT2D eigenvalue weighted by atomic mass is 19.4. The Bertz CT molecular complexity index is 664. The summed E-state index contributed by atoms with van der Waals surface area (Å²) < 4.78 is 46.3. The van der Waals surface area contributed by atoms with Gasteiger partial charge in [0.1, 0.15) is 5.78 Å². The van der Waals surface area contributed by atoms with Crippen LogP contribution in [-0.2, 0) is 9.53 Å². The molecule has 4 saturated carbocycles. The Morgan fingerprint density at radius 1 is 1.07 bits per heavy atom. The van der Waals surface area contributed by atoms with Crippen LogP contribution >= 0.6 is 0 Å². The van der Waals surface area contributed by atoms with Gasteiger partial charge in [-0.2, -0.15) is 13.2 Å². The molecule has 29 heavy (non-hydrogen) atoms. The third kappa shape index (κ3) is 3.02. The number of aliphatic hydroxyl groups is 1. The van der Waals surface area contributed by atoms with Crippen LogP contribution in [0.4, 0.5) is 13.2 Å². The number of methoxy groups -OCH3 is 1. The summed E-state index contributed by atoms with van der Waals surface area (Å²) in [7, 11) is 1.65. The van der Waals surface area contributed by atoms with E-state index in [1.54, 1.807) is 14.0 Å². The van der Waals surface area contributed by atoms with E-state index in [1.165, 1.54) is 0 Å². The van der Waals surface area contributed by atoms with Crippen LogP contribution in [0.5, 0.6) is 0 Å². The van der Waals surface area contributed by atoms with Gasteiger partial charge >= 0.3 is 6.18 Å². The minimum Gasteiger partial charge on any atom is -0.384 e. The highest BCUT2D eigenvalue weighted by molar-refractivity contribution is 5.79. The molecule has 0 spiro atoms. The van der Waals surface area contributed by atoms with Crippen molar-refractivity contribution < 1.29 is 27.8 Å². The second kappa shape index (κ2) is 6.94. The van der Waals surface area contributed by atoms with E-state index in [9.17, 15) is 23.1 Å². The standard InChI is InChI=1S/C23H35F3O3/c1-14(27)17-6-7-18-16-5-4-15-12-22(28,23(24,25)26)11-10-21(15,13-29-3)19(16)8-9-20(17,18)2/h15-19,28H,4-13H2,1-3H3. The van der Waals surface area contributed by atoms with Crippen LogP contribution in [0.1, 0.15) is 71.6 Å². The Kier molecular flexibility index (Phi) is 5.17. The number of hydrogen-bond donors (Lipinski definition) is 1. The van der Waals surface area contributed by atoms with Gasteiger partial charge in [-0.1, -0.05) is 6.92 Å². The van der Waals surface area contributed by atoms with Gasteiger partial charge in [0.05, 0.1) is 6.61 Å². The number of carbonyl (C=O) groups is 1. The highest BCUT2D eigenvalue weighted by Crippen LogP contribution is 2.68. The summed E-state index contributed by atoms with van der Waals surface area (Å²) >= 11 is 0. The third-order valence-electron chi connectivity index (χ3n) is 9.86. The SMILES string of the molecule is COCC12CCC(O)(C(F)(F)F)CC1CCC1C3CCC(C(C)=O)C3(C)CCC12. The average Bonchev–Trinajstić information content (AvgIpc) is 2.99. The molecule has 0 aromatic carbocycles. The van der Waals surface area contributed by atoms with Gasteiger partial charge in [0, 0.05) is 13.0 Å². The van der Waals surface area contributed by atoms with Crippen molar-refractivity contribution in [3.63, 3.8) is 0 Å². The van der Waals surface area contributed by atoms with Gasteiger partial charge in [0.25, 0.3) is 0 Å². The number of Topliss-reactive ketones (excluding diaryl/α,β-unsaturated/α-hetero) is 1. The van der Waals surface area contributed by atoms with Gasteiger partial charge in [-0.15, -0.1) is 0 Å². The Morgan fingerprint density at radius 2 is 1.79 bits per heavy atom. The first kappa shape index (κ1) is 21.6. The lowest BCUT2D eigenvalue weighted by Gasteiger charge is -2.62. The van der Waals surface area contributed by atoms with Crippen LogP contribution in [0.15, 0.2) is 0 Å². The molecule has 4 aliphatic rings. The lowest BCUT2D eigenvalue weighted by Crippen LogP contribution is -2.61. The number of alkyl halides is 3. The molecule has 0 saturated heterocycles. The minimum atomic E-state index is -4.58. The lowest BCUT2D eigenvalue weighted by molar-refractivity contribution is -0.294. The van der Waals surface area contributed by atoms with Crippen LogP contribution in [0.2, 0.25) is 0 Å². The van der Waals surface area contributed by atoms with E-state index in [-0.39, 0.29) is 35.5 Å². The smallest absolute Gasteiger partial charge is 0.384 e. The molecule has 0 aliphatic heterocycles. The first-order valence-corrected chi connectivity index (χ1v) is 11.3. The Balaban J connectivity index is 1.64. The Hall–Kier alpha value is -0.620. The van der Waals surface area contributed by atoms with Gasteiger partial charge in [-0.05, 0) is 99.2 Å². The zero-order valence-corrected chi connectivity index (χ0v) is 17.9. The predicted octanol–water partition coefficient (Wildman–Crippen LogP) is 5.15. The Morgan fingerprint density at radius 3 is 2.41 bits per heavy atom. The first-order valence-electron chi connectivity index (χ1n) is 11.3. The summed E-state index contributed by atoms with van der Waals surface area (Å²) in [5.41, 5.74) is -2.79. The molecule has 0 aromatic heterocycles. The van der Waals surface area contributed by atoms with Gasteiger partial charge in [-0.25, -0.2) is 0 Å². The predicted molar refractivity (Wildman–Crippen MR) is 103 cm³/mol. The van der Waals surface area contributed by atoms with Crippen molar-refractivity contribution in [1.29, 1.82) is 0 Å². The van der Waals surface area contributed by atoms with Crippen molar-refractivity contribution in [3.05, 3.63) is 0 Å². The molecular formula is C23H35F3O3. The van der Waals surface area contributed by atoms with Gasteiger partial charge in [-0.3, -0.25) is 4.79 Å². The normalized spacial score (nSPS) is 49.8. The van der Waals surface area contributed by atoms with E-state index >= 15 is 0 Å². The van der Waals surface area contributed by atoms with Gasteiger partial charge in [0.15, 0.2) is 5.60 Å². The quantitative estimate of drug-likeness (QED) is 0.692. The van der Waals surface area contributed by atoms with Crippen LogP contribution in [-0.4, -0.2) is 36.4 Å². The van der Waals surface area contributed by atoms with Crippen LogP contribution in [0.3, 0.4) is 0 Å². The number of halogens is 3. The summed E-state index contributed by atoms with van der Waals surface area (Å²) in [6.07, 6.45) is 0.974. The summed E-state index contributed by atoms with van der Waals surface area (Å²) in [6, 6.07) is 0. The number of rotatable bonds is 3. The van der Waals surface area contributed by atoms with E-state index in [1.807, 2.05) is 0 Å². The maximum Gasteiger partial charge on any atom is 0.417 e. The maximum absolute atomic E-state index is 13.6. The maximum atomic E-state index is 13.6. The highest BCUT2D eigenvalue weighted by Gasteiger charge is 2.66. The molecule has 8 atom stereocenters. The summed E-state index contributed by atoms with van der Waals surface area (Å²) in [6.45, 7) is 4.48. The monoisotopic (exact) mass is 416 g/mol. The molecule has 6 heteroatoms. The zero-order chi connectivity index (χ0) is 21.2. The van der Waals surface area contributed by atoms with Crippen LogP contribution in [0, 0.1) is 40.4 Å². The molecule has 166 valence electrons. The fraction of sp³-hybridized carbons (Fsp3) is 0.957. The summed E-state index contributed by atoms with van der Waals surface area (Å²) in [4.78, 5) is 12.3. The van der Waals surface area contributed by atoms with E-state index in [0.717, 1.165) is 38.5 Å². The van der Waals surface area contributed by atoms with Crippen LogP contribution in [0.25, 0.3) is 0 Å². The third-order valence-corrected chi connectivity index (χ3v) is 9.86. The number of ketones is 1. The van der Waals surface area contributed by atoms with Crippen molar-refractivity contribution in [2.24, 2.45) is 40.4 Å². The second-order valence-electron chi connectivity index (χ2n) is 10.8. The van der Waals surface area contributed by atoms with Crippen LogP contribution < -0.4 is 0 Å². The number of ether oxygens (including phenoxy) is 1. The lowest BCUT2D eigenvalue weighted by atomic mass is 9.43. The molecule has 4 rings (SSSR count). The first-order chi connectivity index (χ1) is 13.5. The van der Waals surface area contributed by atoms with E-state index in [0.29, 0.717) is 36.6 Å². The number of fused-ring (bicyclic) bond motifs is 5. The molecule has 4 fully saturated rings. The minimum absolute atomic E-state index is 0.0372. The summed E-state index contributed by atoms with van der Waals surface area (Å²) in [5.74, 6) is 1.55. The van der Waals surface area contributed by atoms with Gasteiger partial charge in [0.2, 0.25) is 0 Å². The van der Waals surface area contributed by atoms with Crippen molar-refractivity contribution in [2.75, 3.05) is 13.7 Å².